The number of nitrogens with zero attached hydrogens (tertiary/aromatic N) is 1. The summed E-state index contributed by atoms with van der Waals surface area (Å²) < 4.78 is 13.3. The Bertz CT molecular complexity index is 554. The second kappa shape index (κ2) is 7.09. The van der Waals surface area contributed by atoms with Crippen molar-refractivity contribution in [3.63, 3.8) is 0 Å². The van der Waals surface area contributed by atoms with E-state index in [0.29, 0.717) is 6.42 Å². The summed E-state index contributed by atoms with van der Waals surface area (Å²) in [5.41, 5.74) is -0.310. The van der Waals surface area contributed by atoms with Gasteiger partial charge in [0.15, 0.2) is 0 Å². The van der Waals surface area contributed by atoms with Gasteiger partial charge in [0.05, 0.1) is 5.69 Å². The Kier molecular flexibility index (Phi) is 5.47. The van der Waals surface area contributed by atoms with Gasteiger partial charge in [-0.2, -0.15) is 5.26 Å². The third kappa shape index (κ3) is 3.95. The van der Waals surface area contributed by atoms with E-state index in [2.05, 4.69) is 10.6 Å². The summed E-state index contributed by atoms with van der Waals surface area (Å²) in [6.45, 7) is 1.79. The van der Waals surface area contributed by atoms with Crippen molar-refractivity contribution in [1.29, 1.82) is 5.26 Å². The molecule has 0 aliphatic carbocycles. The summed E-state index contributed by atoms with van der Waals surface area (Å²) in [7, 11) is 0. The highest BCUT2D eigenvalue weighted by atomic mass is 19.1. The van der Waals surface area contributed by atoms with Crippen molar-refractivity contribution in [3.05, 3.63) is 29.6 Å². The number of nitriles is 1. The Labute approximate surface area is 115 Å². The number of hydrogen-bond donors (Lipinski definition) is 3. The fraction of sp³-hybridized carbons (Fsp3) is 0.308. The minimum absolute atomic E-state index is 0.00867. The number of nitrogens with one attached hydrogen (secondary N) is 2. The first-order valence-electron chi connectivity index (χ1n) is 5.98. The summed E-state index contributed by atoms with van der Waals surface area (Å²) in [5.74, 6) is -1.91. The lowest BCUT2D eigenvalue weighted by Gasteiger charge is -2.14. The average molecular weight is 279 g/mol. The summed E-state index contributed by atoms with van der Waals surface area (Å²) in [6, 6.07) is 3.60. The zero-order chi connectivity index (χ0) is 15.1. The van der Waals surface area contributed by atoms with Gasteiger partial charge in [-0.1, -0.05) is 19.4 Å². The van der Waals surface area contributed by atoms with Crippen molar-refractivity contribution in [2.45, 2.75) is 25.8 Å². The van der Waals surface area contributed by atoms with Crippen molar-refractivity contribution in [2.75, 3.05) is 5.32 Å². The highest BCUT2D eigenvalue weighted by Crippen LogP contribution is 2.17. The zero-order valence-corrected chi connectivity index (χ0v) is 10.8. The van der Waals surface area contributed by atoms with E-state index in [4.69, 9.17) is 10.4 Å². The van der Waals surface area contributed by atoms with Crippen LogP contribution < -0.4 is 10.6 Å². The van der Waals surface area contributed by atoms with E-state index in [9.17, 15) is 14.0 Å². The van der Waals surface area contributed by atoms with Gasteiger partial charge in [0.1, 0.15) is 23.5 Å². The van der Waals surface area contributed by atoms with Gasteiger partial charge in [0.2, 0.25) is 0 Å². The number of urea groups is 1. The van der Waals surface area contributed by atoms with E-state index in [0.717, 1.165) is 6.07 Å². The van der Waals surface area contributed by atoms with Crippen LogP contribution in [0.15, 0.2) is 18.2 Å². The molecule has 0 heterocycles. The lowest BCUT2D eigenvalue weighted by Crippen LogP contribution is -2.43. The minimum Gasteiger partial charge on any atom is -0.480 e. The summed E-state index contributed by atoms with van der Waals surface area (Å²) in [4.78, 5) is 22.6. The van der Waals surface area contributed by atoms with Crippen LogP contribution in [-0.4, -0.2) is 23.1 Å². The molecule has 0 fully saturated rings. The molecule has 1 aromatic carbocycles. The van der Waals surface area contributed by atoms with E-state index >= 15 is 0 Å². The number of amides is 2. The molecule has 0 radical (unpaired) electrons. The Morgan fingerprint density at radius 2 is 2.20 bits per heavy atom. The number of carboxylic acid groups (broad SMARTS) is 1. The molecule has 3 N–H and O–H groups in total. The summed E-state index contributed by atoms with van der Waals surface area (Å²) in [5, 5.41) is 22.2. The van der Waals surface area contributed by atoms with E-state index in [1.807, 2.05) is 0 Å². The first kappa shape index (κ1) is 15.4. The highest BCUT2D eigenvalue weighted by molar-refractivity contribution is 5.93. The van der Waals surface area contributed by atoms with Crippen molar-refractivity contribution < 1.29 is 19.1 Å². The van der Waals surface area contributed by atoms with Gasteiger partial charge >= 0.3 is 12.0 Å². The number of rotatable bonds is 5. The maximum atomic E-state index is 13.3. The molecule has 0 aromatic heterocycles. The largest absolute Gasteiger partial charge is 0.480 e. The predicted molar refractivity (Wildman–Crippen MR) is 69.6 cm³/mol. The molecule has 0 bridgehead atoms. The van der Waals surface area contributed by atoms with Crippen LogP contribution in [0.1, 0.15) is 25.3 Å². The van der Waals surface area contributed by atoms with E-state index in [1.165, 1.54) is 12.1 Å². The second-order valence-corrected chi connectivity index (χ2v) is 4.05. The maximum absolute atomic E-state index is 13.3. The molecule has 1 aromatic rings. The quantitative estimate of drug-likeness (QED) is 0.767. The third-order valence-corrected chi connectivity index (χ3v) is 2.55. The summed E-state index contributed by atoms with van der Waals surface area (Å²) >= 11 is 0. The van der Waals surface area contributed by atoms with Crippen molar-refractivity contribution >= 4 is 17.7 Å². The van der Waals surface area contributed by atoms with E-state index < -0.39 is 23.9 Å². The van der Waals surface area contributed by atoms with Crippen LogP contribution in [0.3, 0.4) is 0 Å². The molecule has 0 saturated heterocycles. The van der Waals surface area contributed by atoms with Crippen LogP contribution in [0.2, 0.25) is 0 Å². The fourth-order valence-corrected chi connectivity index (χ4v) is 1.60. The normalized spacial score (nSPS) is 11.2. The Morgan fingerprint density at radius 3 is 2.75 bits per heavy atom. The molecular weight excluding hydrogens is 265 g/mol. The van der Waals surface area contributed by atoms with E-state index in [1.54, 1.807) is 13.0 Å². The van der Waals surface area contributed by atoms with Gasteiger partial charge < -0.3 is 15.7 Å². The van der Waals surface area contributed by atoms with E-state index in [-0.39, 0.29) is 17.7 Å². The fourth-order valence-electron chi connectivity index (χ4n) is 1.60. The van der Waals surface area contributed by atoms with Gasteiger partial charge in [0.25, 0.3) is 0 Å². The smallest absolute Gasteiger partial charge is 0.326 e. The molecule has 0 spiro atoms. The number of hydrogen-bond acceptors (Lipinski definition) is 3. The molecule has 0 aliphatic rings. The van der Waals surface area contributed by atoms with Crippen molar-refractivity contribution in [3.8, 4) is 6.07 Å². The minimum atomic E-state index is -1.15. The molecule has 1 rings (SSSR count). The number of carbonyl (C=O) groups is 2. The molecule has 106 valence electrons. The van der Waals surface area contributed by atoms with Crippen LogP contribution in [-0.2, 0) is 4.79 Å². The van der Waals surface area contributed by atoms with Crippen LogP contribution >= 0.6 is 0 Å². The van der Waals surface area contributed by atoms with Crippen molar-refractivity contribution in [1.82, 2.24) is 5.32 Å². The number of carbonyl (C=O) groups excluding carboxylic acids is 1. The molecule has 2 amide bonds. The predicted octanol–water partition coefficient (Wildman–Crippen LogP) is 2.07. The monoisotopic (exact) mass is 279 g/mol. The van der Waals surface area contributed by atoms with Crippen LogP contribution in [0.5, 0.6) is 0 Å². The van der Waals surface area contributed by atoms with Crippen LogP contribution in [0.25, 0.3) is 0 Å². The lowest BCUT2D eigenvalue weighted by atomic mass is 10.1. The number of anilines is 1. The summed E-state index contributed by atoms with van der Waals surface area (Å²) in [6.07, 6.45) is 0.859. The first-order chi connectivity index (χ1) is 9.49. The van der Waals surface area contributed by atoms with Gasteiger partial charge in [-0.25, -0.2) is 14.0 Å². The van der Waals surface area contributed by atoms with Crippen molar-refractivity contribution in [2.24, 2.45) is 0 Å². The van der Waals surface area contributed by atoms with Gasteiger partial charge in [-0.3, -0.25) is 0 Å². The molecule has 6 nitrogen and oxygen atoms in total. The zero-order valence-electron chi connectivity index (χ0n) is 10.8. The first-order valence-corrected chi connectivity index (χ1v) is 5.98. The Hall–Kier alpha value is -2.62. The molecule has 7 heteroatoms. The molecule has 0 saturated carbocycles. The SMILES string of the molecule is CCCC(NC(=O)Nc1cccc(F)c1C#N)C(=O)O. The van der Waals surface area contributed by atoms with Gasteiger partial charge in [-0.15, -0.1) is 0 Å². The average Bonchev–Trinajstić information content (AvgIpc) is 2.38. The highest BCUT2D eigenvalue weighted by Gasteiger charge is 2.19. The number of carboxylic acids is 1. The topological polar surface area (TPSA) is 102 Å². The Balaban J connectivity index is 2.79. The third-order valence-electron chi connectivity index (χ3n) is 2.55. The molecular formula is C13H14FN3O3. The Morgan fingerprint density at radius 1 is 1.50 bits per heavy atom. The lowest BCUT2D eigenvalue weighted by molar-refractivity contribution is -0.139. The number of aliphatic carboxylic acids is 1. The number of benzene rings is 1. The molecule has 0 aliphatic heterocycles. The molecule has 20 heavy (non-hydrogen) atoms. The second-order valence-electron chi connectivity index (χ2n) is 4.05. The maximum Gasteiger partial charge on any atom is 0.326 e. The van der Waals surface area contributed by atoms with Crippen LogP contribution in [0.4, 0.5) is 14.9 Å². The van der Waals surface area contributed by atoms with Gasteiger partial charge in [-0.05, 0) is 18.6 Å². The number of halogens is 1. The van der Waals surface area contributed by atoms with Gasteiger partial charge in [0, 0.05) is 0 Å². The molecule has 1 unspecified atom stereocenters. The standard InChI is InChI=1S/C13H14FN3O3/c1-2-4-11(12(18)19)17-13(20)16-10-6-3-5-9(14)8(10)7-15/h3,5-6,11H,2,4H2,1H3,(H,18,19)(H2,16,17,20). The van der Waals surface area contributed by atoms with Crippen LogP contribution in [0, 0.1) is 17.1 Å². The molecule has 1 atom stereocenters.